The number of hydrogen-bond donors (Lipinski definition) is 5. The smallest absolute Gasteiger partial charge is 0.337 e. The minimum Gasteiger partial charge on any atom is -0.465 e. The van der Waals surface area contributed by atoms with Crippen molar-refractivity contribution < 1.29 is 28.6 Å². The van der Waals surface area contributed by atoms with Gasteiger partial charge in [-0.2, -0.15) is 19.9 Å². The lowest BCUT2D eigenvalue weighted by molar-refractivity contribution is -0.153. The molecule has 35 heteroatoms. The number of imidazole rings is 3. The summed E-state index contributed by atoms with van der Waals surface area (Å²) in [5.74, 6) is 0.400. The monoisotopic (exact) mass is 1630 g/mol. The van der Waals surface area contributed by atoms with Crippen LogP contribution in [-0.4, -0.2) is 214 Å². The van der Waals surface area contributed by atoms with Crippen molar-refractivity contribution in [3.63, 3.8) is 0 Å². The van der Waals surface area contributed by atoms with Crippen LogP contribution in [0.2, 0.25) is 15.9 Å². The number of piperidine rings is 2. The molecule has 0 aliphatic carbocycles. The molecule has 0 amide bonds. The molecule has 0 unspecified atom stereocenters. The van der Waals surface area contributed by atoms with E-state index in [2.05, 4.69) is 143 Å². The zero-order chi connectivity index (χ0) is 82.1. The van der Waals surface area contributed by atoms with Crippen molar-refractivity contribution in [1.29, 1.82) is 0 Å². The second-order valence-corrected chi connectivity index (χ2v) is 28.0. The molecule has 2 aliphatic heterocycles. The number of hydrogen-bond acceptors (Lipinski definition) is 29. The Bertz CT molecular complexity index is 6160. The molecule has 0 saturated carbocycles. The molecule has 0 spiro atoms. The molecule has 0 bridgehead atoms. The van der Waals surface area contributed by atoms with Gasteiger partial charge in [0.2, 0.25) is 39.8 Å². The molecule has 2 saturated heterocycles. The third-order valence-corrected chi connectivity index (χ3v) is 19.7. The number of aromatic amines is 2. The van der Waals surface area contributed by atoms with Crippen molar-refractivity contribution >= 4 is 136 Å². The largest absolute Gasteiger partial charge is 0.465 e. The van der Waals surface area contributed by atoms with Gasteiger partial charge in [0, 0.05) is 139 Å². The topological polar surface area (TPSA) is 408 Å². The predicted octanol–water partition coefficient (Wildman–Crippen LogP) is 12.5. The van der Waals surface area contributed by atoms with Crippen LogP contribution in [0.25, 0.3) is 99.6 Å². The SMILES string of the molecule is CN(C)C1CCN(c2ncc3[nH]c(C(=O)c4ccnc(-c5cncc6ccccc56)c4)nc3n2)CC1.CN(C)C1CCNCC1.COC(=O)c1ccnc(-c2cncc3ccccc23)c1.COC(OC)n1cnc2cnc(Cl)nc21.Nc1cnc(Cl)nc1N.O=C(c1ccnc(-c2cncc3ccccc23)c1)c1nc2nc(Cl)ncc2[nH]1. The Morgan fingerprint density at radius 1 is 0.487 bits per heavy atom. The lowest BCUT2D eigenvalue weighted by atomic mass is 10.0. The van der Waals surface area contributed by atoms with Gasteiger partial charge in [0.1, 0.15) is 22.9 Å². The van der Waals surface area contributed by atoms with Crippen LogP contribution in [0.1, 0.15) is 74.8 Å². The number of ether oxygens (including phenoxy) is 3. The van der Waals surface area contributed by atoms with E-state index in [1.54, 1.807) is 103 Å². The first-order chi connectivity index (χ1) is 56.8. The first kappa shape index (κ1) is 81.9. The number of pyridine rings is 6. The standard InChI is InChI=1S/C27H26N8O.C20H11ClN6O.C16H12N2O2.C8H9ClN4O2.C7H16N2.C4H5ClN4/c1-34(2)19-8-11-35(12-9-19)27-30-16-23-25(33-27)32-26(31-23)24(36)17-7-10-29-22(13-17)21-15-28-14-18-5-3-4-6-20(18)21;21-20-24-10-16-18(27-20)26-19(25-16)17(28)11-5-6-23-15(7-11)14-9-22-8-12-3-1-2-4-13(12)14;1-20-16(19)11-6-7-18-15(8-11)14-10-17-9-12-4-2-3-5-13(12)14;1-14-8(15-2)13-4-11-5-3-10-7(9)12-6(5)13;1-9(2)7-3-5-8-6-4-7;5-4-8-1-2(6)3(7)9-4/h3-7,10,13-16,19H,8-9,11-12H2,1-2H3,(H,30,31,32,33);1-10H,(H,24,25,26,27);2-10H,1H3;3-4,8H,1-2H3;7-8H,3-6H2,1-2H3;1H,6H2,(H2,7,8,9). The van der Waals surface area contributed by atoms with E-state index in [0.717, 1.165) is 81.0 Å². The zero-order valence-corrected chi connectivity index (χ0v) is 66.8. The summed E-state index contributed by atoms with van der Waals surface area (Å²) in [4.78, 5) is 122. The van der Waals surface area contributed by atoms with E-state index < -0.39 is 6.41 Å². The Hall–Kier alpha value is -13.1. The third-order valence-electron chi connectivity index (χ3n) is 19.2. The van der Waals surface area contributed by atoms with Gasteiger partial charge >= 0.3 is 5.97 Å². The maximum atomic E-state index is 13.3. The Balaban J connectivity index is 0.000000130. The number of carbonyl (C=O) groups is 3. The van der Waals surface area contributed by atoms with Crippen LogP contribution in [0.3, 0.4) is 0 Å². The fraction of sp³-hybridized carbons (Fsp3) is 0.220. The minimum atomic E-state index is -0.569. The van der Waals surface area contributed by atoms with Crippen LogP contribution in [-0.2, 0) is 14.2 Å². The molecular formula is C82H79Cl3N26O6. The molecule has 15 heterocycles. The Kier molecular flexibility index (Phi) is 26.9. The number of ketones is 2. The van der Waals surface area contributed by atoms with Gasteiger partial charge in [0.05, 0.1) is 60.2 Å². The summed E-state index contributed by atoms with van der Waals surface area (Å²) in [7, 11) is 13.0. The second-order valence-electron chi connectivity index (χ2n) is 27.0. The summed E-state index contributed by atoms with van der Waals surface area (Å²) in [6.07, 6.45) is 27.4. The second kappa shape index (κ2) is 38.4. The van der Waals surface area contributed by atoms with Gasteiger partial charge in [-0.3, -0.25) is 44.1 Å². The van der Waals surface area contributed by atoms with Gasteiger partial charge in [-0.15, -0.1) is 0 Å². The maximum Gasteiger partial charge on any atom is 0.337 e. The highest BCUT2D eigenvalue weighted by atomic mass is 35.5. The molecule has 0 radical (unpaired) electrons. The number of nitrogens with zero attached hydrogens (tertiary/aromatic N) is 21. The Morgan fingerprint density at radius 3 is 1.41 bits per heavy atom. The zero-order valence-electron chi connectivity index (χ0n) is 64.5. The highest BCUT2D eigenvalue weighted by Crippen LogP contribution is 2.32. The van der Waals surface area contributed by atoms with Crippen LogP contribution in [0, 0.1) is 0 Å². The van der Waals surface area contributed by atoms with Gasteiger partial charge in [0.25, 0.3) is 0 Å². The predicted molar refractivity (Wildman–Crippen MR) is 449 cm³/mol. The van der Waals surface area contributed by atoms with E-state index in [4.69, 9.17) is 60.5 Å². The molecule has 0 atom stereocenters. The van der Waals surface area contributed by atoms with Crippen LogP contribution in [0.5, 0.6) is 0 Å². The molecule has 2 fully saturated rings. The van der Waals surface area contributed by atoms with E-state index in [-0.39, 0.29) is 50.9 Å². The van der Waals surface area contributed by atoms with Crippen LogP contribution in [0.4, 0.5) is 17.5 Å². The van der Waals surface area contributed by atoms with Gasteiger partial charge in [-0.25, -0.2) is 39.7 Å². The lowest BCUT2D eigenvalue weighted by Crippen LogP contribution is -2.42. The third kappa shape index (κ3) is 20.0. The molecular weight excluding hydrogens is 1550 g/mol. The van der Waals surface area contributed by atoms with Crippen molar-refractivity contribution in [3.8, 4) is 33.8 Å². The van der Waals surface area contributed by atoms with Crippen molar-refractivity contribution in [2.24, 2.45) is 0 Å². The average Bonchev–Trinajstić information content (AvgIpc) is 1.68. The maximum absolute atomic E-state index is 13.3. The number of nitrogens with one attached hydrogen (secondary N) is 3. The number of fused-ring (bicyclic) bond motifs is 6. The van der Waals surface area contributed by atoms with Crippen LogP contribution >= 0.6 is 34.8 Å². The number of nitrogens with two attached hydrogens (primary N) is 2. The number of halogens is 3. The quantitative estimate of drug-likeness (QED) is 0.0292. The molecule has 117 heavy (non-hydrogen) atoms. The number of methoxy groups -OCH3 is 3. The van der Waals surface area contributed by atoms with E-state index in [1.165, 1.54) is 59.7 Å². The van der Waals surface area contributed by atoms with E-state index >= 15 is 0 Å². The summed E-state index contributed by atoms with van der Waals surface area (Å²) in [6, 6.07) is 35.5. The molecule has 13 aromatic heterocycles. The number of rotatable bonds is 14. The van der Waals surface area contributed by atoms with Gasteiger partial charge in [-0.1, -0.05) is 72.8 Å². The van der Waals surface area contributed by atoms with Crippen LogP contribution in [0.15, 0.2) is 196 Å². The summed E-state index contributed by atoms with van der Waals surface area (Å²) in [5.41, 5.74) is 20.2. The highest BCUT2D eigenvalue weighted by Gasteiger charge is 2.25. The Morgan fingerprint density at radius 2 is 0.932 bits per heavy atom. The van der Waals surface area contributed by atoms with Gasteiger partial charge in [0.15, 0.2) is 34.4 Å². The summed E-state index contributed by atoms with van der Waals surface area (Å²) in [6.45, 7) is 4.19. The van der Waals surface area contributed by atoms with Crippen molar-refractivity contribution in [2.45, 2.75) is 44.2 Å². The normalized spacial score (nSPS) is 12.9. The minimum absolute atomic E-state index is 0.0765. The molecule has 3 aromatic carbocycles. The summed E-state index contributed by atoms with van der Waals surface area (Å²) in [5, 5.41) is 9.86. The van der Waals surface area contributed by atoms with E-state index in [1.807, 2.05) is 85.2 Å². The fourth-order valence-electron chi connectivity index (χ4n) is 13.0. The molecule has 2 aliphatic rings. The van der Waals surface area contributed by atoms with E-state index in [0.29, 0.717) is 84.9 Å². The first-order valence-electron chi connectivity index (χ1n) is 36.7. The van der Waals surface area contributed by atoms with Crippen molar-refractivity contribution in [1.82, 2.24) is 114 Å². The first-order valence-corrected chi connectivity index (χ1v) is 37.8. The van der Waals surface area contributed by atoms with Gasteiger partial charge < -0.3 is 55.7 Å². The number of benzene rings is 3. The number of H-pyrrole nitrogens is 2. The Labute approximate surface area is 685 Å². The molecule has 7 N–H and O–H groups in total. The number of carbonyl (C=O) groups excluding carboxylic acids is 3. The molecule has 16 aromatic rings. The molecule has 32 nitrogen and oxygen atoms in total. The van der Waals surface area contributed by atoms with Gasteiger partial charge in [-0.05, 0) is 154 Å². The molecule has 594 valence electrons. The van der Waals surface area contributed by atoms with Crippen molar-refractivity contribution in [2.75, 3.05) is 92.1 Å². The van der Waals surface area contributed by atoms with E-state index in [9.17, 15) is 14.4 Å². The number of esters is 1. The van der Waals surface area contributed by atoms with Crippen LogP contribution < -0.4 is 21.7 Å². The average molecular weight is 1630 g/mol. The highest BCUT2D eigenvalue weighted by molar-refractivity contribution is 6.29. The molecule has 18 rings (SSSR count). The summed E-state index contributed by atoms with van der Waals surface area (Å²) >= 11 is 16.8. The van der Waals surface area contributed by atoms with Crippen molar-refractivity contribution in [3.05, 3.63) is 240 Å². The lowest BCUT2D eigenvalue weighted by Gasteiger charge is -2.35. The number of anilines is 3. The number of nitrogen functional groups attached to an aromatic ring is 2. The fourth-order valence-corrected chi connectivity index (χ4v) is 13.4. The summed E-state index contributed by atoms with van der Waals surface area (Å²) < 4.78 is 16.5. The number of aromatic nitrogens is 20.